The average molecular weight is 953 g/mol. The highest BCUT2D eigenvalue weighted by Gasteiger charge is 2.76. The molecule has 0 spiro atoms. The molecular formula is C59H56O4P4. The minimum absolute atomic E-state index is 0.110. The van der Waals surface area contributed by atoms with E-state index in [1.807, 2.05) is 0 Å². The van der Waals surface area contributed by atoms with Crippen LogP contribution in [0.4, 0.5) is 0 Å². The topological polar surface area (TPSA) is 36.9 Å². The molecule has 8 atom stereocenters. The van der Waals surface area contributed by atoms with Crippen molar-refractivity contribution in [3.05, 3.63) is 287 Å². The second kappa shape index (κ2) is 19.7. The van der Waals surface area contributed by atoms with E-state index >= 15 is 0 Å². The smallest absolute Gasteiger partial charge is 0.125 e. The quantitative estimate of drug-likeness (QED) is 0.0905. The van der Waals surface area contributed by atoms with Crippen LogP contribution in [-0.2, 0) is 40.5 Å². The summed E-state index contributed by atoms with van der Waals surface area (Å²) in [5.74, 6) is -1.27. The summed E-state index contributed by atoms with van der Waals surface area (Å²) < 4.78 is 29.5. The van der Waals surface area contributed by atoms with Gasteiger partial charge in [-0.15, -0.1) is 0 Å². The lowest BCUT2D eigenvalue weighted by Crippen LogP contribution is -2.61. The van der Waals surface area contributed by atoms with Gasteiger partial charge >= 0.3 is 0 Å². The Bertz CT molecular complexity index is 2260. The Morgan fingerprint density at radius 2 is 0.373 bits per heavy atom. The Kier molecular flexibility index (Phi) is 13.6. The molecule has 8 aromatic carbocycles. The molecule has 67 heavy (non-hydrogen) atoms. The van der Waals surface area contributed by atoms with E-state index in [4.69, 9.17) is 18.1 Å². The predicted molar refractivity (Wildman–Crippen MR) is 283 cm³/mol. The lowest BCUT2D eigenvalue weighted by atomic mass is 9.48. The Morgan fingerprint density at radius 3 is 0.493 bits per heavy atom. The van der Waals surface area contributed by atoms with Crippen molar-refractivity contribution >= 4 is 37.9 Å². The van der Waals surface area contributed by atoms with Gasteiger partial charge in [-0.2, -0.15) is 0 Å². The van der Waals surface area contributed by atoms with Gasteiger partial charge in [0.25, 0.3) is 0 Å². The number of fused-ring (bicyclic) bond motifs is 2. The van der Waals surface area contributed by atoms with Crippen LogP contribution in [-0.4, -0.2) is 0 Å². The molecule has 0 heterocycles. The maximum atomic E-state index is 7.38. The van der Waals surface area contributed by atoms with Gasteiger partial charge in [-0.3, -0.25) is 0 Å². The molecule has 0 N–H and O–H groups in total. The fourth-order valence-corrected chi connectivity index (χ4v) is 14.9. The van der Waals surface area contributed by atoms with Gasteiger partial charge in [0.15, 0.2) is 0 Å². The first-order chi connectivity index (χ1) is 33.1. The molecule has 336 valence electrons. The summed E-state index contributed by atoms with van der Waals surface area (Å²) in [4.78, 5) is 0. The Morgan fingerprint density at radius 1 is 0.239 bits per heavy atom. The summed E-state index contributed by atoms with van der Waals surface area (Å²) in [7, 11) is 11.1. The van der Waals surface area contributed by atoms with Crippen molar-refractivity contribution in [2.75, 3.05) is 0 Å². The van der Waals surface area contributed by atoms with E-state index in [9.17, 15) is 0 Å². The highest BCUT2D eigenvalue weighted by molar-refractivity contribution is 7.10. The first kappa shape index (κ1) is 46.1. The lowest BCUT2D eigenvalue weighted by Gasteiger charge is -2.60. The van der Waals surface area contributed by atoms with E-state index in [0.29, 0.717) is 0 Å². The van der Waals surface area contributed by atoms with Crippen molar-refractivity contribution < 1.29 is 18.1 Å². The maximum Gasteiger partial charge on any atom is 0.125 e. The summed E-state index contributed by atoms with van der Waals surface area (Å²) in [5, 5.41) is 0. The molecule has 0 aromatic heterocycles. The van der Waals surface area contributed by atoms with Crippen LogP contribution in [0.1, 0.15) is 50.9 Å². The molecule has 0 radical (unpaired) electrons. The monoisotopic (exact) mass is 952 g/mol. The van der Waals surface area contributed by atoms with Crippen molar-refractivity contribution in [2.45, 2.75) is 28.8 Å². The molecule has 0 saturated heterocycles. The second-order valence-electron chi connectivity index (χ2n) is 18.0. The Hall–Kier alpha value is -4.68. The van der Waals surface area contributed by atoms with Gasteiger partial charge in [0, 0.05) is 61.5 Å². The van der Waals surface area contributed by atoms with E-state index in [2.05, 4.69) is 281 Å². The van der Waals surface area contributed by atoms with Crippen LogP contribution in [0.3, 0.4) is 0 Å². The standard InChI is InChI=1S/C59H56O4P4/c64-60-56(42-25-9-1-10-26-42,43-27-11-2-12-28-43)52-50-41-51(53(52)57(61-65,44-29-13-3-14-30-44)45-31-15-4-16-32-45)55(59(63-67,48-37-21-7-22-38-48)49-39-23-8-24-40-49)54(50)58(62-66,46-33-17-5-18-34-46)47-35-19-6-20-36-47/h1-40,50-55H,41,64-67H2. The molecule has 0 amide bonds. The second-order valence-corrected chi connectivity index (χ2v) is 19.0. The first-order valence-electron chi connectivity index (χ1n) is 23.0. The number of rotatable bonds is 16. The molecule has 4 nitrogen and oxygen atoms in total. The Balaban J connectivity index is 1.41. The van der Waals surface area contributed by atoms with Gasteiger partial charge < -0.3 is 18.1 Å². The molecule has 2 fully saturated rings. The van der Waals surface area contributed by atoms with Crippen LogP contribution in [0, 0.1) is 35.5 Å². The maximum absolute atomic E-state index is 7.38. The SMILES string of the molecule is POC(c1ccccc1)(c1ccccc1)C1C2CC(C1C(OP)(c1ccccc1)c1ccccc1)C(C(OP)(c1ccccc1)c1ccccc1)C2C(OP)(c1ccccc1)c1ccccc1. The molecule has 8 unspecified atom stereocenters. The first-order valence-corrected chi connectivity index (χ1v) is 24.9. The average Bonchev–Trinajstić information content (AvgIpc) is 3.99. The number of benzene rings is 8. The van der Waals surface area contributed by atoms with Crippen LogP contribution >= 0.6 is 37.9 Å². The Labute approximate surface area is 405 Å². The third-order valence-corrected chi connectivity index (χ3v) is 16.9. The fraction of sp³-hybridized carbons (Fsp3) is 0.186. The van der Waals surface area contributed by atoms with Crippen molar-refractivity contribution in [3.63, 3.8) is 0 Å². The minimum Gasteiger partial charge on any atom is -0.350 e. The summed E-state index contributed by atoms with van der Waals surface area (Å²) in [6, 6.07) is 86.6. The van der Waals surface area contributed by atoms with Gasteiger partial charge in [0.1, 0.15) is 22.4 Å². The lowest BCUT2D eigenvalue weighted by molar-refractivity contribution is -0.158. The molecule has 2 saturated carbocycles. The fourth-order valence-electron chi connectivity index (χ4n) is 13.2. The molecule has 8 aromatic rings. The number of hydrogen-bond donors (Lipinski definition) is 0. The van der Waals surface area contributed by atoms with Crippen molar-refractivity contribution in [2.24, 2.45) is 35.5 Å². The van der Waals surface area contributed by atoms with Crippen LogP contribution in [0.5, 0.6) is 0 Å². The number of hydrogen-bond acceptors (Lipinski definition) is 4. The van der Waals surface area contributed by atoms with Gasteiger partial charge in [-0.1, -0.05) is 243 Å². The molecule has 10 rings (SSSR count). The molecule has 2 aliphatic rings. The molecule has 8 heteroatoms. The third kappa shape index (κ3) is 7.35. The zero-order valence-electron chi connectivity index (χ0n) is 37.2. The van der Waals surface area contributed by atoms with Crippen LogP contribution in [0.2, 0.25) is 0 Å². The largest absolute Gasteiger partial charge is 0.350 e. The van der Waals surface area contributed by atoms with E-state index in [1.165, 1.54) is 0 Å². The molecule has 0 aliphatic heterocycles. The van der Waals surface area contributed by atoms with E-state index in [1.54, 1.807) is 0 Å². The van der Waals surface area contributed by atoms with Gasteiger partial charge in [0.05, 0.1) is 0 Å². The zero-order valence-corrected chi connectivity index (χ0v) is 41.8. The minimum atomic E-state index is -1.03. The molecule has 2 aliphatic carbocycles. The van der Waals surface area contributed by atoms with E-state index in [0.717, 1.165) is 50.9 Å². The summed E-state index contributed by atoms with van der Waals surface area (Å²) in [5.41, 5.74) is 4.38. The van der Waals surface area contributed by atoms with Crippen molar-refractivity contribution in [1.29, 1.82) is 0 Å². The van der Waals surface area contributed by atoms with Crippen molar-refractivity contribution in [1.82, 2.24) is 0 Å². The summed E-state index contributed by atoms with van der Waals surface area (Å²) in [6.45, 7) is 0. The highest BCUT2D eigenvalue weighted by Crippen LogP contribution is 2.76. The van der Waals surface area contributed by atoms with E-state index < -0.39 is 22.4 Å². The van der Waals surface area contributed by atoms with Crippen LogP contribution in [0.25, 0.3) is 0 Å². The third-order valence-electron chi connectivity index (χ3n) is 15.4. The van der Waals surface area contributed by atoms with Crippen LogP contribution < -0.4 is 0 Å². The predicted octanol–water partition coefficient (Wildman–Crippen LogP) is 14.1. The summed E-state index contributed by atoms with van der Waals surface area (Å²) >= 11 is 0. The summed E-state index contributed by atoms with van der Waals surface area (Å²) in [6.07, 6.45) is 0.806. The highest BCUT2D eigenvalue weighted by atomic mass is 31.0. The van der Waals surface area contributed by atoms with Crippen LogP contribution in [0.15, 0.2) is 243 Å². The van der Waals surface area contributed by atoms with Gasteiger partial charge in [0.2, 0.25) is 0 Å². The van der Waals surface area contributed by atoms with Gasteiger partial charge in [-0.25, -0.2) is 0 Å². The molecule has 2 bridgehead atoms. The zero-order chi connectivity index (χ0) is 45.9. The molecular weight excluding hydrogens is 897 g/mol. The normalized spacial score (nSPS) is 20.7. The van der Waals surface area contributed by atoms with Crippen molar-refractivity contribution in [3.8, 4) is 0 Å². The van der Waals surface area contributed by atoms with Gasteiger partial charge in [-0.05, 0) is 62.8 Å². The van der Waals surface area contributed by atoms with E-state index in [-0.39, 0.29) is 35.5 Å².